The first-order valence-electron chi connectivity index (χ1n) is 12.9. The third-order valence-electron chi connectivity index (χ3n) is 7.00. The molecule has 2 N–H and O–H groups in total. The van der Waals surface area contributed by atoms with Gasteiger partial charge in [0.15, 0.2) is 0 Å². The van der Waals surface area contributed by atoms with Crippen molar-refractivity contribution in [1.29, 1.82) is 0 Å². The molecule has 1 unspecified atom stereocenters. The molecule has 1 atom stereocenters. The quantitative estimate of drug-likeness (QED) is 0.412. The largest absolute Gasteiger partial charge is 0.379 e. The molecule has 4 amide bonds. The Hall–Kier alpha value is -3.27. The summed E-state index contributed by atoms with van der Waals surface area (Å²) in [5.74, 6) is -0.910. The van der Waals surface area contributed by atoms with Crippen molar-refractivity contribution in [1.82, 2.24) is 20.4 Å². The Morgan fingerprint density at radius 2 is 1.87 bits per heavy atom. The van der Waals surface area contributed by atoms with Gasteiger partial charge in [0.25, 0.3) is 5.91 Å². The molecule has 0 saturated carbocycles. The zero-order valence-electron chi connectivity index (χ0n) is 21.5. The number of nitrogens with one attached hydrogen (secondary N) is 2. The molecule has 202 valence electrons. The molecule has 9 nitrogen and oxygen atoms in total. The van der Waals surface area contributed by atoms with E-state index in [0.717, 1.165) is 55.4 Å². The highest BCUT2D eigenvalue weighted by Gasteiger charge is 2.39. The molecule has 2 aromatic rings. The number of morpholine rings is 1. The second-order valence-electron chi connectivity index (χ2n) is 9.56. The van der Waals surface area contributed by atoms with Crippen molar-refractivity contribution in [2.45, 2.75) is 51.9 Å². The fourth-order valence-corrected chi connectivity index (χ4v) is 5.10. The lowest BCUT2D eigenvalue weighted by Crippen LogP contribution is -2.52. The van der Waals surface area contributed by atoms with Gasteiger partial charge in [0.05, 0.1) is 13.2 Å². The zero-order valence-corrected chi connectivity index (χ0v) is 22.3. The number of amides is 4. The van der Waals surface area contributed by atoms with Crippen molar-refractivity contribution in [2.75, 3.05) is 26.3 Å². The minimum absolute atomic E-state index is 0.195. The van der Waals surface area contributed by atoms with Crippen LogP contribution in [0.15, 0.2) is 36.4 Å². The topological polar surface area (TPSA) is 108 Å². The Morgan fingerprint density at radius 1 is 1.11 bits per heavy atom. The van der Waals surface area contributed by atoms with Crippen LogP contribution in [-0.2, 0) is 45.2 Å². The van der Waals surface area contributed by atoms with E-state index >= 15 is 0 Å². The number of fused-ring (bicyclic) bond motifs is 1. The highest BCUT2D eigenvalue weighted by molar-refractivity contribution is 6.31. The molecule has 0 aliphatic carbocycles. The van der Waals surface area contributed by atoms with Crippen molar-refractivity contribution in [3.8, 4) is 0 Å². The summed E-state index contributed by atoms with van der Waals surface area (Å²) >= 11 is 6.27. The Labute approximate surface area is 227 Å². The van der Waals surface area contributed by atoms with E-state index in [1.165, 1.54) is 16.0 Å². The highest BCUT2D eigenvalue weighted by Crippen LogP contribution is 2.28. The van der Waals surface area contributed by atoms with E-state index in [0.29, 0.717) is 31.5 Å². The summed E-state index contributed by atoms with van der Waals surface area (Å²) in [6, 6.07) is 11.1. The summed E-state index contributed by atoms with van der Waals surface area (Å²) in [5, 5.41) is 5.74. The molecule has 5 rings (SSSR count). The average Bonchev–Trinajstić information content (AvgIpc) is 3.24. The normalized spacial score (nSPS) is 19.4. The van der Waals surface area contributed by atoms with Gasteiger partial charge in [0.2, 0.25) is 18.2 Å². The number of rotatable bonds is 7. The van der Waals surface area contributed by atoms with Gasteiger partial charge in [-0.1, -0.05) is 42.8 Å². The zero-order chi connectivity index (χ0) is 27.1. The number of carbonyl (C=O) groups is 4. The summed E-state index contributed by atoms with van der Waals surface area (Å²) in [5.41, 5.74) is 4.82. The Morgan fingerprint density at radius 3 is 2.55 bits per heavy atom. The van der Waals surface area contributed by atoms with Crippen LogP contribution < -0.4 is 10.6 Å². The summed E-state index contributed by atoms with van der Waals surface area (Å²) in [6.07, 6.45) is 2.25. The molecule has 3 aliphatic rings. The molecule has 2 saturated heterocycles. The van der Waals surface area contributed by atoms with Gasteiger partial charge in [-0.2, -0.15) is 0 Å². The Kier molecular flexibility index (Phi) is 9.49. The van der Waals surface area contributed by atoms with Crippen LogP contribution in [0.5, 0.6) is 0 Å². The molecular weight excluding hydrogens is 508 g/mol. The van der Waals surface area contributed by atoms with Gasteiger partial charge in [-0.25, -0.2) is 0 Å². The number of piperidine rings is 1. The smallest absolute Gasteiger partial charge is 0.255 e. The molecule has 0 bridgehead atoms. The maximum Gasteiger partial charge on any atom is 0.255 e. The summed E-state index contributed by atoms with van der Waals surface area (Å²) in [6.45, 7) is 7.51. The van der Waals surface area contributed by atoms with Gasteiger partial charge in [-0.05, 0) is 47.2 Å². The molecule has 2 aromatic carbocycles. The number of ether oxygens (including phenoxy) is 1. The number of carbonyl (C=O) groups excluding carboxylic acids is 4. The van der Waals surface area contributed by atoms with Gasteiger partial charge in [-0.3, -0.25) is 29.4 Å². The maximum atomic E-state index is 12.4. The lowest BCUT2D eigenvalue weighted by atomic mass is 10.0. The molecule has 0 spiro atoms. The van der Waals surface area contributed by atoms with Gasteiger partial charge in [0, 0.05) is 49.7 Å². The molecule has 3 heterocycles. The van der Waals surface area contributed by atoms with Crippen molar-refractivity contribution < 1.29 is 23.9 Å². The van der Waals surface area contributed by atoms with Crippen molar-refractivity contribution in [3.63, 3.8) is 0 Å². The second kappa shape index (κ2) is 13.0. The van der Waals surface area contributed by atoms with E-state index in [1.54, 1.807) is 12.1 Å². The number of nitrogens with zero attached hydrogens (tertiary/aromatic N) is 2. The standard InChI is InChI=1S/C15H15N3O4.C13H18ClNO/c19-8-16-6-9-1-2-11-10(5-9)7-18(15(11)22)12-3-4-13(20)17-14(12)21;1-2-11-3-4-12(13(14)9-11)10-15-5-7-16-8-6-15/h1-2,5,8,12H,3-4,6-7H2,(H,16,19)(H,17,20,21);3-4,9H,2,5-8,10H2,1H3. The SMILES string of the molecule is CCc1ccc(CN2CCOCC2)c(Cl)c1.O=CNCc1ccc2c(c1)CN(C1CCC(=O)NC1=O)C2=O. The number of benzene rings is 2. The fraction of sp³-hybridized carbons (Fsp3) is 0.429. The highest BCUT2D eigenvalue weighted by atomic mass is 35.5. The van der Waals surface area contributed by atoms with Crippen molar-refractivity contribution >= 4 is 35.7 Å². The lowest BCUT2D eigenvalue weighted by molar-refractivity contribution is -0.136. The van der Waals surface area contributed by atoms with Crippen LogP contribution in [-0.4, -0.2) is 66.3 Å². The Balaban J connectivity index is 0.000000186. The van der Waals surface area contributed by atoms with Crippen LogP contribution in [0.1, 0.15) is 52.4 Å². The van der Waals surface area contributed by atoms with Crippen molar-refractivity contribution in [2.24, 2.45) is 0 Å². The molecular formula is C28H33ClN4O5. The predicted octanol–water partition coefficient (Wildman–Crippen LogP) is 2.43. The monoisotopic (exact) mass is 540 g/mol. The fourth-order valence-electron chi connectivity index (χ4n) is 4.84. The van der Waals surface area contributed by atoms with Gasteiger partial charge >= 0.3 is 0 Å². The molecule has 0 radical (unpaired) electrons. The predicted molar refractivity (Wildman–Crippen MR) is 142 cm³/mol. The number of aryl methyl sites for hydroxylation is 1. The lowest BCUT2D eigenvalue weighted by Gasteiger charge is -2.29. The second-order valence-corrected chi connectivity index (χ2v) is 9.97. The minimum atomic E-state index is -0.603. The third-order valence-corrected chi connectivity index (χ3v) is 7.35. The van der Waals surface area contributed by atoms with Crippen LogP contribution in [0.4, 0.5) is 0 Å². The minimum Gasteiger partial charge on any atom is -0.379 e. The number of hydrogen-bond acceptors (Lipinski definition) is 6. The average molecular weight is 541 g/mol. The number of imide groups is 1. The summed E-state index contributed by atoms with van der Waals surface area (Å²) in [4.78, 5) is 49.8. The van der Waals surface area contributed by atoms with Gasteiger partial charge < -0.3 is 15.0 Å². The summed E-state index contributed by atoms with van der Waals surface area (Å²) in [7, 11) is 0. The Bertz CT molecular complexity index is 1200. The molecule has 2 fully saturated rings. The maximum absolute atomic E-state index is 12.4. The van der Waals surface area contributed by atoms with E-state index in [-0.39, 0.29) is 18.2 Å². The first-order valence-corrected chi connectivity index (χ1v) is 13.3. The third kappa shape index (κ3) is 6.78. The summed E-state index contributed by atoms with van der Waals surface area (Å²) < 4.78 is 5.33. The van der Waals surface area contributed by atoms with Crippen LogP contribution in [0.2, 0.25) is 5.02 Å². The van der Waals surface area contributed by atoms with E-state index < -0.39 is 11.9 Å². The van der Waals surface area contributed by atoms with E-state index in [4.69, 9.17) is 16.3 Å². The first kappa shape index (κ1) is 27.8. The van der Waals surface area contributed by atoms with E-state index in [2.05, 4.69) is 40.7 Å². The van der Waals surface area contributed by atoms with Gasteiger partial charge in [-0.15, -0.1) is 0 Å². The first-order chi connectivity index (χ1) is 18.4. The molecule has 10 heteroatoms. The number of hydrogen-bond donors (Lipinski definition) is 2. The number of halogens is 1. The van der Waals surface area contributed by atoms with E-state index in [9.17, 15) is 19.2 Å². The van der Waals surface area contributed by atoms with E-state index in [1.807, 2.05) is 6.07 Å². The van der Waals surface area contributed by atoms with Gasteiger partial charge in [0.1, 0.15) is 6.04 Å². The van der Waals surface area contributed by atoms with Crippen LogP contribution >= 0.6 is 11.6 Å². The van der Waals surface area contributed by atoms with Crippen LogP contribution in [0.25, 0.3) is 0 Å². The van der Waals surface area contributed by atoms with Crippen LogP contribution in [0.3, 0.4) is 0 Å². The molecule has 38 heavy (non-hydrogen) atoms. The van der Waals surface area contributed by atoms with Crippen LogP contribution in [0, 0.1) is 0 Å². The van der Waals surface area contributed by atoms with Crippen molar-refractivity contribution in [3.05, 3.63) is 69.2 Å². The molecule has 0 aromatic heterocycles. The molecule has 3 aliphatic heterocycles.